The van der Waals surface area contributed by atoms with Gasteiger partial charge in [-0.25, -0.2) is 9.78 Å². The van der Waals surface area contributed by atoms with Crippen LogP contribution in [0, 0.1) is 0 Å². The molecular formula is C9H9F3N2O3. The van der Waals surface area contributed by atoms with E-state index < -0.39 is 23.9 Å². The molecule has 0 radical (unpaired) electrons. The number of carbonyl (C=O) groups excluding carboxylic acids is 1. The first kappa shape index (κ1) is 13.1. The fraction of sp³-hybridized carbons (Fsp3) is 0.333. The number of esters is 1. The van der Waals surface area contributed by atoms with Gasteiger partial charge < -0.3 is 15.2 Å². The van der Waals surface area contributed by atoms with Crippen LogP contribution in [-0.4, -0.2) is 23.9 Å². The van der Waals surface area contributed by atoms with Crippen molar-refractivity contribution in [3.63, 3.8) is 0 Å². The third-order valence-corrected chi connectivity index (χ3v) is 1.60. The Balaban J connectivity index is 2.90. The Labute approximate surface area is 94.3 Å². The lowest BCUT2D eigenvalue weighted by molar-refractivity contribution is -0.274. The van der Waals surface area contributed by atoms with Crippen molar-refractivity contribution in [2.45, 2.75) is 13.3 Å². The predicted molar refractivity (Wildman–Crippen MR) is 51.3 cm³/mol. The highest BCUT2D eigenvalue weighted by Gasteiger charge is 2.32. The van der Waals surface area contributed by atoms with Crippen LogP contribution in [0.1, 0.15) is 17.4 Å². The van der Waals surface area contributed by atoms with Crippen molar-refractivity contribution in [2.75, 3.05) is 12.3 Å². The van der Waals surface area contributed by atoms with Crippen molar-refractivity contribution in [1.29, 1.82) is 0 Å². The van der Waals surface area contributed by atoms with E-state index in [2.05, 4.69) is 14.5 Å². The van der Waals surface area contributed by atoms with Gasteiger partial charge >= 0.3 is 12.3 Å². The maximum absolute atomic E-state index is 11.9. The molecule has 0 atom stereocenters. The topological polar surface area (TPSA) is 74.4 Å². The molecule has 8 heteroatoms. The minimum atomic E-state index is -4.86. The molecule has 1 aromatic heterocycles. The van der Waals surface area contributed by atoms with Gasteiger partial charge in [0.25, 0.3) is 0 Å². The molecule has 0 unspecified atom stereocenters. The molecule has 0 bridgehead atoms. The number of hydrogen-bond donors (Lipinski definition) is 1. The van der Waals surface area contributed by atoms with Crippen molar-refractivity contribution in [2.24, 2.45) is 0 Å². The van der Waals surface area contributed by atoms with Gasteiger partial charge in [0.2, 0.25) is 0 Å². The summed E-state index contributed by atoms with van der Waals surface area (Å²) < 4.78 is 43.9. The largest absolute Gasteiger partial charge is 0.573 e. The van der Waals surface area contributed by atoms with Crippen LogP contribution in [0.2, 0.25) is 0 Å². The summed E-state index contributed by atoms with van der Waals surface area (Å²) in [6, 6.07) is 1.94. The molecule has 1 aromatic rings. The molecule has 1 heterocycles. The summed E-state index contributed by atoms with van der Waals surface area (Å²) in [5.41, 5.74) is 5.04. The normalized spacial score (nSPS) is 11.1. The van der Waals surface area contributed by atoms with Crippen LogP contribution in [0.5, 0.6) is 5.75 Å². The molecule has 94 valence electrons. The second-order valence-electron chi connectivity index (χ2n) is 2.85. The van der Waals surface area contributed by atoms with Crippen LogP contribution in [0.25, 0.3) is 0 Å². The number of halogens is 3. The van der Waals surface area contributed by atoms with Crippen LogP contribution in [-0.2, 0) is 4.74 Å². The second kappa shape index (κ2) is 4.89. The number of hydrogen-bond acceptors (Lipinski definition) is 5. The highest BCUT2D eigenvalue weighted by Crippen LogP contribution is 2.27. The smallest absolute Gasteiger partial charge is 0.461 e. The third-order valence-electron chi connectivity index (χ3n) is 1.60. The van der Waals surface area contributed by atoms with E-state index in [4.69, 9.17) is 5.73 Å². The van der Waals surface area contributed by atoms with E-state index in [0.29, 0.717) is 0 Å². The lowest BCUT2D eigenvalue weighted by atomic mass is 10.3. The number of anilines is 1. The molecule has 2 N–H and O–H groups in total. The Morgan fingerprint density at radius 1 is 1.47 bits per heavy atom. The zero-order valence-corrected chi connectivity index (χ0v) is 8.75. The monoisotopic (exact) mass is 250 g/mol. The average Bonchev–Trinajstić information content (AvgIpc) is 2.19. The molecule has 0 aliphatic carbocycles. The fourth-order valence-electron chi connectivity index (χ4n) is 0.992. The van der Waals surface area contributed by atoms with E-state index in [9.17, 15) is 18.0 Å². The van der Waals surface area contributed by atoms with Gasteiger partial charge in [-0.05, 0) is 19.1 Å². The summed E-state index contributed by atoms with van der Waals surface area (Å²) in [5.74, 6) is -1.96. The number of pyridine rings is 1. The highest BCUT2D eigenvalue weighted by molar-refractivity contribution is 5.87. The predicted octanol–water partition coefficient (Wildman–Crippen LogP) is 1.74. The highest BCUT2D eigenvalue weighted by atomic mass is 19.4. The van der Waals surface area contributed by atoms with Crippen LogP contribution in [0.15, 0.2) is 12.1 Å². The SMILES string of the molecule is CCOC(=O)c1ccc(OC(F)(F)F)c(N)n1. The number of rotatable bonds is 3. The summed E-state index contributed by atoms with van der Waals surface area (Å²) in [4.78, 5) is 14.6. The van der Waals surface area contributed by atoms with Gasteiger partial charge in [-0.1, -0.05) is 0 Å². The Bertz CT molecular complexity index is 420. The number of nitrogen functional groups attached to an aromatic ring is 1. The average molecular weight is 250 g/mol. The molecule has 1 rings (SSSR count). The van der Waals surface area contributed by atoms with E-state index >= 15 is 0 Å². The molecule has 0 saturated heterocycles. The van der Waals surface area contributed by atoms with Gasteiger partial charge in [0, 0.05) is 0 Å². The number of aromatic nitrogens is 1. The van der Waals surface area contributed by atoms with Gasteiger partial charge in [-0.15, -0.1) is 13.2 Å². The van der Waals surface area contributed by atoms with Crippen molar-refractivity contribution in [3.8, 4) is 5.75 Å². The Morgan fingerprint density at radius 2 is 2.12 bits per heavy atom. The lowest BCUT2D eigenvalue weighted by Gasteiger charge is -2.10. The number of nitrogens with two attached hydrogens (primary N) is 1. The first-order chi connectivity index (χ1) is 7.83. The van der Waals surface area contributed by atoms with Crippen LogP contribution in [0.3, 0.4) is 0 Å². The maximum Gasteiger partial charge on any atom is 0.573 e. The zero-order chi connectivity index (χ0) is 13.1. The van der Waals surface area contributed by atoms with Crippen molar-refractivity contribution >= 4 is 11.8 Å². The third kappa shape index (κ3) is 3.82. The summed E-state index contributed by atoms with van der Waals surface area (Å²) in [6.45, 7) is 1.71. The van der Waals surface area contributed by atoms with Crippen molar-refractivity contribution in [1.82, 2.24) is 4.98 Å². The minimum absolute atomic E-state index is 0.126. The molecule has 0 amide bonds. The summed E-state index contributed by atoms with van der Waals surface area (Å²) in [6.07, 6.45) is -4.86. The molecule has 0 aromatic carbocycles. The van der Waals surface area contributed by atoms with Gasteiger partial charge in [-0.2, -0.15) is 0 Å². The molecule has 0 spiro atoms. The van der Waals surface area contributed by atoms with Crippen molar-refractivity contribution in [3.05, 3.63) is 17.8 Å². The first-order valence-corrected chi connectivity index (χ1v) is 4.53. The summed E-state index contributed by atoms with van der Waals surface area (Å²) in [7, 11) is 0. The molecule has 0 fully saturated rings. The Morgan fingerprint density at radius 3 is 2.59 bits per heavy atom. The van der Waals surface area contributed by atoms with E-state index in [1.807, 2.05) is 0 Å². The standard InChI is InChI=1S/C9H9F3N2O3/c1-2-16-8(15)5-3-4-6(7(13)14-5)17-9(10,11)12/h3-4H,2H2,1H3,(H2,13,14). The van der Waals surface area contributed by atoms with E-state index in [1.54, 1.807) is 6.92 Å². The number of ether oxygens (including phenoxy) is 2. The van der Waals surface area contributed by atoms with Crippen molar-refractivity contribution < 1.29 is 27.4 Å². The van der Waals surface area contributed by atoms with Crippen LogP contribution in [0.4, 0.5) is 19.0 Å². The lowest BCUT2D eigenvalue weighted by Crippen LogP contribution is -2.19. The maximum atomic E-state index is 11.9. The number of carbonyl (C=O) groups is 1. The summed E-state index contributed by atoms with van der Waals surface area (Å²) >= 11 is 0. The molecule has 5 nitrogen and oxygen atoms in total. The zero-order valence-electron chi connectivity index (χ0n) is 8.75. The first-order valence-electron chi connectivity index (χ1n) is 4.53. The number of nitrogens with zero attached hydrogens (tertiary/aromatic N) is 1. The van der Waals surface area contributed by atoms with E-state index in [0.717, 1.165) is 12.1 Å². The van der Waals surface area contributed by atoms with E-state index in [-0.39, 0.29) is 12.3 Å². The second-order valence-corrected chi connectivity index (χ2v) is 2.85. The van der Waals surface area contributed by atoms with Gasteiger partial charge in [0.15, 0.2) is 17.3 Å². The Kier molecular flexibility index (Phi) is 3.77. The molecule has 0 saturated carbocycles. The number of alkyl halides is 3. The molecule has 0 aliphatic rings. The van der Waals surface area contributed by atoms with Gasteiger partial charge in [0.1, 0.15) is 0 Å². The minimum Gasteiger partial charge on any atom is -0.461 e. The quantitative estimate of drug-likeness (QED) is 0.827. The fourth-order valence-corrected chi connectivity index (χ4v) is 0.992. The Hall–Kier alpha value is -1.99. The molecule has 0 aliphatic heterocycles. The van der Waals surface area contributed by atoms with Crippen LogP contribution >= 0.6 is 0 Å². The van der Waals surface area contributed by atoms with E-state index in [1.165, 1.54) is 0 Å². The van der Waals surface area contributed by atoms with Crippen LogP contribution < -0.4 is 10.5 Å². The van der Waals surface area contributed by atoms with Gasteiger partial charge in [0.05, 0.1) is 6.61 Å². The molecular weight excluding hydrogens is 241 g/mol. The molecule has 17 heavy (non-hydrogen) atoms. The summed E-state index contributed by atoms with van der Waals surface area (Å²) in [5, 5.41) is 0. The van der Waals surface area contributed by atoms with Gasteiger partial charge in [-0.3, -0.25) is 0 Å².